The molecular formula is C48H85NO49S6. The number of hydrogen-bond donors (Lipinski definition) is 7. The Labute approximate surface area is 596 Å². The number of rotatable bonds is 45. The van der Waals surface area contributed by atoms with Crippen molar-refractivity contribution in [2.45, 2.75) is 154 Å². The van der Waals surface area contributed by atoms with Crippen LogP contribution in [0.25, 0.3) is 0 Å². The average molecular weight is 1650 g/mol. The quantitative estimate of drug-likeness (QED) is 0.0169. The van der Waals surface area contributed by atoms with Crippen molar-refractivity contribution in [1.82, 2.24) is 0 Å². The molecule has 0 spiro atoms. The Morgan fingerprint density at radius 1 is 0.308 bits per heavy atom. The molecule has 56 heteroatoms. The monoisotopic (exact) mass is 1650 g/mol. The van der Waals surface area contributed by atoms with E-state index in [2.05, 4.69) is 12.5 Å². The number of ether oxygens (including phenoxy) is 23. The van der Waals surface area contributed by atoms with Gasteiger partial charge >= 0.3 is 74.3 Å². The summed E-state index contributed by atoms with van der Waals surface area (Å²) in [4.78, 5) is 28.1. The molecule has 0 unspecified atom stereocenters. The minimum atomic E-state index is -6.13. The minimum absolute atomic E-state index is 0.0771. The van der Waals surface area contributed by atoms with Gasteiger partial charge in [0.25, 0.3) is 0 Å². The van der Waals surface area contributed by atoms with Crippen molar-refractivity contribution in [3.05, 3.63) is 0 Å². The van der Waals surface area contributed by atoms with Gasteiger partial charge in [-0.1, -0.05) is 0 Å². The number of methoxy groups -OCH3 is 10. The first-order valence-corrected chi connectivity index (χ1v) is 38.0. The molecule has 612 valence electrons. The molecule has 0 aliphatic carbocycles. The summed E-state index contributed by atoms with van der Waals surface area (Å²) in [5.74, 6) is -2.94. The summed E-state index contributed by atoms with van der Waals surface area (Å²) in [5, 5.41) is 0. The van der Waals surface area contributed by atoms with Crippen LogP contribution in [0.4, 0.5) is 0 Å². The lowest BCUT2D eigenvalue weighted by molar-refractivity contribution is -0.389. The van der Waals surface area contributed by atoms with Gasteiger partial charge in [-0.3, -0.25) is 27.3 Å². The highest BCUT2D eigenvalue weighted by Gasteiger charge is 2.62. The molecule has 25 atom stereocenters. The molecule has 0 aromatic rings. The molecule has 0 bridgehead atoms. The standard InChI is InChI=1S/C48H85NO49S6/c1-70-28-25(83-18-17-82-16-15-81-14-13-80-12-11-49)22(19-84-99(52,53)54)88-45(37(28)74-5)92-32-30(72-3)39(76-7)47(95-35(32)42(50)77-8)91-27-24(21-86-101(58,59)60)89-48(41(98-104(67,68)69)34(27)96-102(61,62)63)93-33-31(73-4)38(75-6)46(94-36(33)43(51)78-9)90-26-23(20-85-100(55,56)57)87-44(79-10)40(29(26)71-2)97-103(64,65)66/h22-41,44-48H,11-21,49H2,1-10H3,(H,52,53,54)(H,55,56,57)(H,58,59,60)(H,61,62,63)(H,64,65,66)(H,67,68,69)/t22-,23-,24-,25-,26-,27-,28+,29+,30+,31+,32+,33+,34+,35+,36+,37-,38-,39-,40-,41-,44+,45-,46-,47-,48-/m1/s1. The van der Waals surface area contributed by atoms with Crippen molar-refractivity contribution in [2.75, 3.05) is 144 Å². The topological polar surface area (TPSA) is 654 Å². The molecular weight excluding hydrogens is 1570 g/mol. The highest BCUT2D eigenvalue weighted by Crippen LogP contribution is 2.41. The van der Waals surface area contributed by atoms with Gasteiger partial charge in [0.15, 0.2) is 55.9 Å². The Hall–Kier alpha value is -2.72. The zero-order chi connectivity index (χ0) is 77.9. The van der Waals surface area contributed by atoms with Crippen LogP contribution in [0.15, 0.2) is 0 Å². The first-order valence-electron chi connectivity index (χ1n) is 29.8. The van der Waals surface area contributed by atoms with E-state index in [-0.39, 0.29) is 39.6 Å². The second-order valence-electron chi connectivity index (χ2n) is 21.6. The Bertz CT molecular complexity index is 3340. The zero-order valence-electron chi connectivity index (χ0n) is 56.5. The summed E-state index contributed by atoms with van der Waals surface area (Å²) >= 11 is 0. The van der Waals surface area contributed by atoms with Gasteiger partial charge in [-0.2, -0.15) is 50.5 Å². The summed E-state index contributed by atoms with van der Waals surface area (Å²) in [6.45, 7) is -2.89. The van der Waals surface area contributed by atoms with E-state index in [4.69, 9.17) is 127 Å². The molecule has 5 aliphatic heterocycles. The van der Waals surface area contributed by atoms with E-state index in [1.807, 2.05) is 0 Å². The number of hydrogen-bond acceptors (Lipinski definition) is 44. The molecule has 5 saturated heterocycles. The second kappa shape index (κ2) is 41.5. The third-order valence-electron chi connectivity index (χ3n) is 15.3. The number of esters is 2. The Kier molecular flexibility index (Phi) is 36.7. The van der Waals surface area contributed by atoms with Gasteiger partial charge in [0.05, 0.1) is 80.3 Å². The van der Waals surface area contributed by atoms with E-state index in [0.29, 0.717) is 13.2 Å². The summed E-state index contributed by atoms with van der Waals surface area (Å²) < 4.78 is 368. The van der Waals surface area contributed by atoms with E-state index in [1.165, 1.54) is 7.11 Å². The van der Waals surface area contributed by atoms with Crippen LogP contribution in [0, 0.1) is 0 Å². The van der Waals surface area contributed by atoms with Crippen LogP contribution in [-0.2, 0) is 206 Å². The van der Waals surface area contributed by atoms with Gasteiger partial charge < -0.3 is 115 Å². The van der Waals surface area contributed by atoms with E-state index in [0.717, 1.165) is 64.0 Å². The van der Waals surface area contributed by atoms with Crippen molar-refractivity contribution in [2.24, 2.45) is 5.73 Å². The minimum Gasteiger partial charge on any atom is -0.467 e. The predicted octanol–water partition coefficient (Wildman–Crippen LogP) is -7.34. The number of carbonyl (C=O) groups is 2. The van der Waals surface area contributed by atoms with Crippen LogP contribution in [0.3, 0.4) is 0 Å². The highest BCUT2D eigenvalue weighted by atomic mass is 32.3. The molecule has 0 radical (unpaired) electrons. The van der Waals surface area contributed by atoms with Gasteiger partial charge in [0.1, 0.15) is 97.7 Å². The molecule has 50 nitrogen and oxygen atoms in total. The van der Waals surface area contributed by atoms with Crippen LogP contribution in [0.2, 0.25) is 0 Å². The van der Waals surface area contributed by atoms with Crippen LogP contribution >= 0.6 is 0 Å². The first-order chi connectivity index (χ1) is 48.7. The van der Waals surface area contributed by atoms with Crippen molar-refractivity contribution >= 4 is 74.3 Å². The lowest BCUT2D eigenvalue weighted by Crippen LogP contribution is -2.70. The SMILES string of the molecule is COC(=O)[C@H]1O[C@@H](O[C@H]2[C@H](OS(=O)(=O)O)[C@@H](OS(=O)(=O)O)[C@@H](O[C@H]3[C@H](OC)[C@@H](OC)[C@H](O[C@H]4[C@H](OC)[C@@H](OS(=O)(=O)O)[C@@H](OC)O[C@@H]4COS(=O)(=O)O)O[C@@H]3C(=O)OC)O[C@@H]2COS(=O)(=O)O)[C@H](OC)[C@@H](OC)[C@@H]1O[C@H]1O[C@H](COS(=O)(=O)O)[C@@H](OCCOCCOCCOCCN)[C@H](OC)[C@H]1OC. The third-order valence-corrected chi connectivity index (χ3v) is 18.0. The van der Waals surface area contributed by atoms with Crippen molar-refractivity contribution in [3.8, 4) is 0 Å². The fourth-order valence-electron chi connectivity index (χ4n) is 11.2. The molecule has 8 N–H and O–H groups in total. The van der Waals surface area contributed by atoms with Gasteiger partial charge in [-0.05, 0) is 0 Å². The molecule has 0 saturated carbocycles. The predicted molar refractivity (Wildman–Crippen MR) is 322 cm³/mol. The fraction of sp³-hybridized carbons (Fsp3) is 0.958. The van der Waals surface area contributed by atoms with Crippen molar-refractivity contribution in [1.29, 1.82) is 0 Å². The van der Waals surface area contributed by atoms with Crippen LogP contribution in [0.5, 0.6) is 0 Å². The lowest BCUT2D eigenvalue weighted by Gasteiger charge is -2.51. The molecule has 5 fully saturated rings. The molecule has 0 aromatic heterocycles. The number of nitrogens with two attached hydrogens (primary N) is 1. The fourth-order valence-corrected chi connectivity index (χ4v) is 13.6. The Morgan fingerprint density at radius 2 is 0.587 bits per heavy atom. The Balaban J connectivity index is 1.57. The van der Waals surface area contributed by atoms with Crippen LogP contribution in [-0.4, -0.2) is 387 Å². The van der Waals surface area contributed by atoms with E-state index < -0.39 is 248 Å². The Morgan fingerprint density at radius 3 is 0.923 bits per heavy atom. The van der Waals surface area contributed by atoms with Gasteiger partial charge in [-0.25, -0.2) is 34.7 Å². The zero-order valence-corrected chi connectivity index (χ0v) is 61.4. The molecule has 5 aliphatic rings. The average Bonchev–Trinajstić information content (AvgIpc) is 0.759. The number of carbonyl (C=O) groups excluding carboxylic acids is 2. The van der Waals surface area contributed by atoms with E-state index in [1.54, 1.807) is 0 Å². The third kappa shape index (κ3) is 27.3. The molecule has 104 heavy (non-hydrogen) atoms. The molecule has 5 rings (SSSR count). The summed E-state index contributed by atoms with van der Waals surface area (Å²) in [6, 6.07) is 0. The van der Waals surface area contributed by atoms with E-state index >= 15 is 0 Å². The smallest absolute Gasteiger partial charge is 0.397 e. The first kappa shape index (κ1) is 91.9. The van der Waals surface area contributed by atoms with E-state index in [9.17, 15) is 87.4 Å². The van der Waals surface area contributed by atoms with Crippen molar-refractivity contribution < 1.29 is 221 Å². The maximum Gasteiger partial charge on any atom is 0.397 e. The summed E-state index contributed by atoms with van der Waals surface area (Å²) in [7, 11) is -24.6. The van der Waals surface area contributed by atoms with Crippen LogP contribution in [0.1, 0.15) is 0 Å². The van der Waals surface area contributed by atoms with Gasteiger partial charge in [-0.15, -0.1) is 0 Å². The molecule has 0 aromatic carbocycles. The molecule has 5 heterocycles. The second-order valence-corrected chi connectivity index (χ2v) is 28.0. The van der Waals surface area contributed by atoms with Crippen LogP contribution < -0.4 is 5.73 Å². The van der Waals surface area contributed by atoms with Crippen molar-refractivity contribution in [3.63, 3.8) is 0 Å². The lowest BCUT2D eigenvalue weighted by atomic mass is 9.94. The normalized spacial score (nSPS) is 35.0. The van der Waals surface area contributed by atoms with Gasteiger partial charge in [0.2, 0.25) is 0 Å². The summed E-state index contributed by atoms with van der Waals surface area (Å²) in [5.41, 5.74) is 5.40. The maximum atomic E-state index is 14.1. The van der Waals surface area contributed by atoms with Gasteiger partial charge in [0, 0.05) is 63.4 Å². The highest BCUT2D eigenvalue weighted by molar-refractivity contribution is 7.82. The maximum absolute atomic E-state index is 14.1. The molecule has 0 amide bonds. The largest absolute Gasteiger partial charge is 0.467 e. The summed E-state index contributed by atoms with van der Waals surface area (Å²) in [6.07, 6.45) is -53.1.